The molecule has 2 amide bonds. The Morgan fingerprint density at radius 3 is 2.83 bits per heavy atom. The quantitative estimate of drug-likeness (QED) is 0.780. The van der Waals surface area contributed by atoms with Crippen LogP contribution in [0.3, 0.4) is 0 Å². The molecule has 0 spiro atoms. The molecule has 2 aromatic rings. The van der Waals surface area contributed by atoms with E-state index in [1.54, 1.807) is 0 Å². The fourth-order valence-corrected chi connectivity index (χ4v) is 4.84. The Morgan fingerprint density at radius 1 is 1.38 bits per heavy atom. The number of halogens is 3. The molecule has 29 heavy (non-hydrogen) atoms. The SMILES string of the molecule is C[C@@H]1CCc2c1nc1c(c2NC(=O)N=[S@@](N)(=O)c2cn(C(F)F)nc2F)CCC1. The van der Waals surface area contributed by atoms with Crippen LogP contribution in [0.25, 0.3) is 0 Å². The van der Waals surface area contributed by atoms with Gasteiger partial charge in [-0.15, -0.1) is 9.46 Å². The number of urea groups is 1. The lowest BCUT2D eigenvalue weighted by atomic mass is 10.0. The van der Waals surface area contributed by atoms with E-state index in [4.69, 9.17) is 10.1 Å². The first kappa shape index (κ1) is 19.8. The molecule has 2 aliphatic carbocycles. The second-order valence-electron chi connectivity index (χ2n) is 7.20. The molecule has 3 N–H and O–H groups in total. The van der Waals surface area contributed by atoms with Crippen molar-refractivity contribution in [1.82, 2.24) is 14.8 Å². The third kappa shape index (κ3) is 3.50. The summed E-state index contributed by atoms with van der Waals surface area (Å²) in [6.45, 7) is -1.09. The van der Waals surface area contributed by atoms with Gasteiger partial charge in [-0.25, -0.2) is 18.8 Å². The van der Waals surface area contributed by atoms with Gasteiger partial charge in [0.25, 0.3) is 5.95 Å². The first-order chi connectivity index (χ1) is 13.7. The lowest BCUT2D eigenvalue weighted by Crippen LogP contribution is -2.19. The second kappa shape index (κ2) is 7.10. The number of amides is 2. The zero-order valence-corrected chi connectivity index (χ0v) is 16.3. The summed E-state index contributed by atoms with van der Waals surface area (Å²) in [5.74, 6) is -1.20. The minimum atomic E-state index is -4.11. The van der Waals surface area contributed by atoms with Crippen molar-refractivity contribution in [3.05, 3.63) is 34.7 Å². The molecule has 0 bridgehead atoms. The van der Waals surface area contributed by atoms with Crippen LogP contribution >= 0.6 is 0 Å². The van der Waals surface area contributed by atoms with Crippen molar-refractivity contribution in [3.8, 4) is 0 Å². The molecule has 156 valence electrons. The van der Waals surface area contributed by atoms with Crippen LogP contribution in [-0.2, 0) is 29.2 Å². The van der Waals surface area contributed by atoms with Crippen LogP contribution < -0.4 is 10.5 Å². The number of anilines is 1. The lowest BCUT2D eigenvalue weighted by Gasteiger charge is -2.15. The fourth-order valence-electron chi connectivity index (χ4n) is 3.90. The monoisotopic (exact) mass is 428 g/mol. The summed E-state index contributed by atoms with van der Waals surface area (Å²) in [5, 5.41) is 11.1. The van der Waals surface area contributed by atoms with Crippen LogP contribution in [0.1, 0.15) is 54.7 Å². The zero-order valence-electron chi connectivity index (χ0n) is 15.5. The van der Waals surface area contributed by atoms with Gasteiger partial charge in [0.1, 0.15) is 14.8 Å². The molecule has 2 heterocycles. The highest BCUT2D eigenvalue weighted by Gasteiger charge is 2.30. The first-order valence-corrected chi connectivity index (χ1v) is 10.7. The summed E-state index contributed by atoms with van der Waals surface area (Å²) < 4.78 is 55.1. The van der Waals surface area contributed by atoms with E-state index in [0.717, 1.165) is 54.6 Å². The average molecular weight is 428 g/mol. The third-order valence-corrected chi connectivity index (χ3v) is 6.61. The number of aryl methyl sites for hydroxylation is 1. The maximum Gasteiger partial charge on any atom is 0.354 e. The van der Waals surface area contributed by atoms with E-state index in [-0.39, 0.29) is 10.6 Å². The first-order valence-electron chi connectivity index (χ1n) is 9.10. The maximum atomic E-state index is 13.8. The maximum absolute atomic E-state index is 13.8. The van der Waals surface area contributed by atoms with E-state index in [2.05, 4.69) is 21.7 Å². The molecule has 0 fully saturated rings. The number of nitrogens with zero attached hydrogens (tertiary/aromatic N) is 4. The number of pyridine rings is 1. The third-order valence-electron chi connectivity index (χ3n) is 5.27. The topological polar surface area (TPSA) is 115 Å². The van der Waals surface area contributed by atoms with Gasteiger partial charge in [0, 0.05) is 11.4 Å². The van der Waals surface area contributed by atoms with Crippen molar-refractivity contribution < 1.29 is 22.2 Å². The molecule has 2 atom stereocenters. The summed E-state index contributed by atoms with van der Waals surface area (Å²) in [6.07, 6.45) is 4.58. The highest BCUT2D eigenvalue weighted by atomic mass is 32.2. The molecule has 0 aromatic carbocycles. The summed E-state index contributed by atoms with van der Waals surface area (Å²) in [6, 6.07) is -1.04. The number of hydrogen-bond donors (Lipinski definition) is 2. The number of alkyl halides is 2. The van der Waals surface area contributed by atoms with Gasteiger partial charge >= 0.3 is 12.6 Å². The van der Waals surface area contributed by atoms with Gasteiger partial charge in [-0.3, -0.25) is 4.98 Å². The number of nitrogens with two attached hydrogens (primary N) is 1. The highest BCUT2D eigenvalue weighted by Crippen LogP contribution is 2.41. The van der Waals surface area contributed by atoms with E-state index in [9.17, 15) is 22.2 Å². The Labute approximate surface area is 165 Å². The number of hydrogen-bond acceptors (Lipinski definition) is 4. The second-order valence-corrected chi connectivity index (χ2v) is 8.96. The Kier molecular flexibility index (Phi) is 4.85. The molecule has 0 aliphatic heterocycles. The van der Waals surface area contributed by atoms with E-state index < -0.39 is 33.3 Å². The largest absolute Gasteiger partial charge is 0.354 e. The van der Waals surface area contributed by atoms with Crippen LogP contribution in [0.15, 0.2) is 15.5 Å². The van der Waals surface area contributed by atoms with Crippen LogP contribution in [0, 0.1) is 5.95 Å². The number of carbonyl (C=O) groups excluding carboxylic acids is 1. The van der Waals surface area contributed by atoms with Gasteiger partial charge in [0.05, 0.1) is 11.9 Å². The molecule has 0 saturated heterocycles. The molecular weight excluding hydrogens is 409 g/mol. The number of rotatable bonds is 3. The molecule has 0 saturated carbocycles. The number of aromatic nitrogens is 3. The van der Waals surface area contributed by atoms with Crippen molar-refractivity contribution >= 4 is 21.6 Å². The van der Waals surface area contributed by atoms with Crippen molar-refractivity contribution in [1.29, 1.82) is 0 Å². The fraction of sp³-hybridized carbons (Fsp3) is 0.471. The summed E-state index contributed by atoms with van der Waals surface area (Å²) >= 11 is 0. The number of carbonyl (C=O) groups is 1. The lowest BCUT2D eigenvalue weighted by molar-refractivity contribution is 0.0547. The van der Waals surface area contributed by atoms with E-state index >= 15 is 0 Å². The Bertz CT molecular complexity index is 1120. The summed E-state index contributed by atoms with van der Waals surface area (Å²) in [4.78, 5) is 16.4. The molecule has 2 aromatic heterocycles. The van der Waals surface area contributed by atoms with Crippen molar-refractivity contribution in [2.24, 2.45) is 9.50 Å². The van der Waals surface area contributed by atoms with E-state index in [1.807, 2.05) is 0 Å². The molecule has 4 rings (SSSR count). The zero-order chi connectivity index (χ0) is 20.9. The average Bonchev–Trinajstić information content (AvgIpc) is 3.33. The Balaban J connectivity index is 1.69. The molecule has 0 radical (unpaired) electrons. The van der Waals surface area contributed by atoms with Gasteiger partial charge in [0.15, 0.2) is 0 Å². The number of nitrogens with one attached hydrogen (secondary N) is 1. The van der Waals surface area contributed by atoms with E-state index in [0.29, 0.717) is 11.9 Å². The molecular formula is C17H19F3N6O2S. The minimum absolute atomic E-state index is 0.0331. The highest BCUT2D eigenvalue weighted by molar-refractivity contribution is 7.91. The molecule has 8 nitrogen and oxygen atoms in total. The van der Waals surface area contributed by atoms with Crippen LogP contribution in [0.5, 0.6) is 0 Å². The predicted molar refractivity (Wildman–Crippen MR) is 98.5 cm³/mol. The Hall–Kier alpha value is -2.47. The van der Waals surface area contributed by atoms with Gasteiger partial charge in [-0.05, 0) is 49.1 Å². The number of fused-ring (bicyclic) bond motifs is 2. The standard InChI is InChI=1S/C17H19F3N6O2S/c1-8-5-6-10-13(8)22-11-4-2-3-9(11)14(10)23-17(27)25-29(21,28)12-7-26(16(19)20)24-15(12)18/h7-8,16H,2-6H2,1H3,(H3,21,22,23,25,27,28)/t8-,29-/m1/s1. The van der Waals surface area contributed by atoms with Gasteiger partial charge < -0.3 is 5.32 Å². The van der Waals surface area contributed by atoms with Crippen LogP contribution in [0.4, 0.5) is 23.7 Å². The summed E-state index contributed by atoms with van der Waals surface area (Å²) in [5.41, 5.74) is 4.28. The minimum Gasteiger partial charge on any atom is -0.305 e. The van der Waals surface area contributed by atoms with E-state index in [1.165, 1.54) is 0 Å². The molecule has 12 heteroatoms. The Morgan fingerprint density at radius 2 is 2.14 bits per heavy atom. The predicted octanol–water partition coefficient (Wildman–Crippen LogP) is 3.28. The van der Waals surface area contributed by atoms with Crippen molar-refractivity contribution in [2.45, 2.75) is 56.4 Å². The smallest absolute Gasteiger partial charge is 0.305 e. The molecule has 0 unspecified atom stereocenters. The van der Waals surface area contributed by atoms with Crippen molar-refractivity contribution in [3.63, 3.8) is 0 Å². The van der Waals surface area contributed by atoms with Crippen molar-refractivity contribution in [2.75, 3.05) is 5.32 Å². The molecule has 2 aliphatic rings. The van der Waals surface area contributed by atoms with Gasteiger partial charge in [-0.2, -0.15) is 13.2 Å². The van der Waals surface area contributed by atoms with Crippen LogP contribution in [-0.4, -0.2) is 25.0 Å². The normalized spacial score (nSPS) is 19.7. The van der Waals surface area contributed by atoms with Crippen LogP contribution in [0.2, 0.25) is 0 Å². The van der Waals surface area contributed by atoms with Gasteiger partial charge in [-0.1, -0.05) is 6.92 Å². The van der Waals surface area contributed by atoms with Gasteiger partial charge in [0.2, 0.25) is 0 Å². The summed E-state index contributed by atoms with van der Waals surface area (Å²) in [7, 11) is -4.11.